The number of imidazole rings is 1. The van der Waals surface area contributed by atoms with Gasteiger partial charge in [0.2, 0.25) is 0 Å². The van der Waals surface area contributed by atoms with E-state index in [1.54, 1.807) is 6.20 Å². The van der Waals surface area contributed by atoms with Crippen LogP contribution in [-0.4, -0.2) is 34.6 Å². The van der Waals surface area contributed by atoms with E-state index < -0.39 is 0 Å². The summed E-state index contributed by atoms with van der Waals surface area (Å²) in [5.74, 6) is 0. The highest BCUT2D eigenvalue weighted by Crippen LogP contribution is 1.92. The van der Waals surface area contributed by atoms with E-state index in [1.807, 2.05) is 29.0 Å². The van der Waals surface area contributed by atoms with Crippen molar-refractivity contribution in [1.29, 1.82) is 5.26 Å². The van der Waals surface area contributed by atoms with Gasteiger partial charge in [-0.25, -0.2) is 4.98 Å². The smallest absolute Gasteiger partial charge is 0.0945 e. The van der Waals surface area contributed by atoms with Gasteiger partial charge in [-0.3, -0.25) is 4.90 Å². The summed E-state index contributed by atoms with van der Waals surface area (Å²) >= 11 is 0. The molecule has 0 saturated heterocycles. The Morgan fingerprint density at radius 3 is 3.08 bits per heavy atom. The molecule has 4 nitrogen and oxygen atoms in total. The Morgan fingerprint density at radius 1 is 1.62 bits per heavy atom. The van der Waals surface area contributed by atoms with Crippen LogP contribution in [0, 0.1) is 11.3 Å². The average molecular weight is 178 g/mol. The van der Waals surface area contributed by atoms with Crippen LogP contribution < -0.4 is 0 Å². The summed E-state index contributed by atoms with van der Waals surface area (Å²) in [6.07, 6.45) is 6.59. The van der Waals surface area contributed by atoms with Crippen molar-refractivity contribution in [2.24, 2.45) is 0 Å². The SMILES string of the molecule is CN(CC#N)CCCn1ccnc1. The molecule has 1 aromatic rings. The van der Waals surface area contributed by atoms with Crippen LogP contribution in [0.1, 0.15) is 6.42 Å². The van der Waals surface area contributed by atoms with Crippen LogP contribution in [0.4, 0.5) is 0 Å². The summed E-state index contributed by atoms with van der Waals surface area (Å²) in [6.45, 7) is 2.42. The van der Waals surface area contributed by atoms with Gasteiger partial charge in [0.05, 0.1) is 18.9 Å². The van der Waals surface area contributed by atoms with Gasteiger partial charge in [-0.05, 0) is 13.5 Å². The van der Waals surface area contributed by atoms with E-state index in [2.05, 4.69) is 11.1 Å². The summed E-state index contributed by atoms with van der Waals surface area (Å²) in [6, 6.07) is 2.12. The lowest BCUT2D eigenvalue weighted by Gasteiger charge is -2.11. The Hall–Kier alpha value is -1.34. The lowest BCUT2D eigenvalue weighted by Crippen LogP contribution is -2.20. The third-order valence-electron chi connectivity index (χ3n) is 1.86. The second-order valence-electron chi connectivity index (χ2n) is 3.05. The van der Waals surface area contributed by atoms with Crippen LogP contribution >= 0.6 is 0 Å². The van der Waals surface area contributed by atoms with Gasteiger partial charge >= 0.3 is 0 Å². The lowest BCUT2D eigenvalue weighted by molar-refractivity contribution is 0.357. The molecule has 0 aliphatic carbocycles. The Kier molecular flexibility index (Phi) is 4.00. The minimum Gasteiger partial charge on any atom is -0.337 e. The lowest BCUT2D eigenvalue weighted by atomic mass is 10.4. The van der Waals surface area contributed by atoms with Crippen LogP contribution in [0.15, 0.2) is 18.7 Å². The number of rotatable bonds is 5. The van der Waals surface area contributed by atoms with Crippen molar-refractivity contribution in [1.82, 2.24) is 14.5 Å². The first-order chi connectivity index (χ1) is 6.33. The third kappa shape index (κ3) is 3.72. The Bertz CT molecular complexity index is 260. The second kappa shape index (κ2) is 5.33. The summed E-state index contributed by atoms with van der Waals surface area (Å²) in [5.41, 5.74) is 0. The Balaban J connectivity index is 2.11. The summed E-state index contributed by atoms with van der Waals surface area (Å²) in [7, 11) is 1.96. The maximum atomic E-state index is 8.41. The first-order valence-electron chi connectivity index (χ1n) is 4.34. The van der Waals surface area contributed by atoms with E-state index in [9.17, 15) is 0 Å². The third-order valence-corrected chi connectivity index (χ3v) is 1.86. The van der Waals surface area contributed by atoms with Crippen molar-refractivity contribution in [2.75, 3.05) is 20.1 Å². The molecule has 0 saturated carbocycles. The molecule has 1 aromatic heterocycles. The number of nitrogens with zero attached hydrogens (tertiary/aromatic N) is 4. The topological polar surface area (TPSA) is 44.9 Å². The molecular formula is C9H14N4. The van der Waals surface area contributed by atoms with E-state index in [-0.39, 0.29) is 0 Å². The number of nitriles is 1. The predicted octanol–water partition coefficient (Wildman–Crippen LogP) is 0.729. The van der Waals surface area contributed by atoms with Gasteiger partial charge in [-0.15, -0.1) is 0 Å². The number of hydrogen-bond donors (Lipinski definition) is 0. The van der Waals surface area contributed by atoms with Crippen molar-refractivity contribution >= 4 is 0 Å². The van der Waals surface area contributed by atoms with Gasteiger partial charge in [0.1, 0.15) is 0 Å². The maximum Gasteiger partial charge on any atom is 0.0945 e. The van der Waals surface area contributed by atoms with E-state index in [4.69, 9.17) is 5.26 Å². The molecule has 0 fully saturated rings. The molecule has 4 heteroatoms. The fourth-order valence-corrected chi connectivity index (χ4v) is 1.14. The van der Waals surface area contributed by atoms with Gasteiger partial charge in [0.25, 0.3) is 0 Å². The quantitative estimate of drug-likeness (QED) is 0.624. The Morgan fingerprint density at radius 2 is 2.46 bits per heavy atom. The largest absolute Gasteiger partial charge is 0.337 e. The summed E-state index contributed by atoms with van der Waals surface area (Å²) in [4.78, 5) is 5.96. The average Bonchev–Trinajstić information content (AvgIpc) is 2.57. The normalized spacial score (nSPS) is 10.2. The van der Waals surface area contributed by atoms with Crippen molar-refractivity contribution in [2.45, 2.75) is 13.0 Å². The van der Waals surface area contributed by atoms with Crippen LogP contribution in [-0.2, 0) is 6.54 Å². The van der Waals surface area contributed by atoms with Crippen molar-refractivity contribution < 1.29 is 0 Å². The highest BCUT2D eigenvalue weighted by molar-refractivity contribution is 4.76. The van der Waals surface area contributed by atoms with Crippen LogP contribution in [0.2, 0.25) is 0 Å². The molecule has 0 aromatic carbocycles. The molecule has 70 valence electrons. The maximum absolute atomic E-state index is 8.41. The van der Waals surface area contributed by atoms with E-state index in [0.717, 1.165) is 19.5 Å². The van der Waals surface area contributed by atoms with E-state index >= 15 is 0 Å². The van der Waals surface area contributed by atoms with Crippen molar-refractivity contribution in [3.05, 3.63) is 18.7 Å². The monoisotopic (exact) mass is 178 g/mol. The molecule has 0 radical (unpaired) electrons. The van der Waals surface area contributed by atoms with E-state index in [0.29, 0.717) is 6.54 Å². The second-order valence-corrected chi connectivity index (χ2v) is 3.05. The first kappa shape index (κ1) is 9.75. The standard InChI is InChI=1S/C9H14N4/c1-12(7-3-10)5-2-6-13-8-4-11-9-13/h4,8-9H,2,5-7H2,1H3. The van der Waals surface area contributed by atoms with Crippen LogP contribution in [0.25, 0.3) is 0 Å². The first-order valence-corrected chi connectivity index (χ1v) is 4.34. The molecule has 0 aliphatic heterocycles. The number of hydrogen-bond acceptors (Lipinski definition) is 3. The molecule has 0 unspecified atom stereocenters. The molecule has 0 aliphatic rings. The minimum atomic E-state index is 0.504. The molecule has 1 heterocycles. The summed E-state index contributed by atoms with van der Waals surface area (Å²) < 4.78 is 2.04. The summed E-state index contributed by atoms with van der Waals surface area (Å²) in [5, 5.41) is 8.41. The van der Waals surface area contributed by atoms with Crippen LogP contribution in [0.5, 0.6) is 0 Å². The molecule has 1 rings (SSSR count). The molecule has 0 bridgehead atoms. The van der Waals surface area contributed by atoms with Gasteiger partial charge in [-0.2, -0.15) is 5.26 Å². The molecular weight excluding hydrogens is 164 g/mol. The fraction of sp³-hybridized carbons (Fsp3) is 0.556. The zero-order valence-electron chi connectivity index (χ0n) is 7.85. The van der Waals surface area contributed by atoms with Gasteiger partial charge < -0.3 is 4.57 Å². The zero-order chi connectivity index (χ0) is 9.52. The predicted molar refractivity (Wildman–Crippen MR) is 50.0 cm³/mol. The fourth-order valence-electron chi connectivity index (χ4n) is 1.14. The zero-order valence-corrected chi connectivity index (χ0v) is 7.85. The molecule has 0 atom stereocenters. The molecule has 0 N–H and O–H groups in total. The van der Waals surface area contributed by atoms with Crippen molar-refractivity contribution in [3.8, 4) is 6.07 Å². The number of aryl methyl sites for hydroxylation is 1. The Labute approximate surface area is 78.4 Å². The van der Waals surface area contributed by atoms with Gasteiger partial charge in [0.15, 0.2) is 0 Å². The van der Waals surface area contributed by atoms with Gasteiger partial charge in [-0.1, -0.05) is 0 Å². The van der Waals surface area contributed by atoms with E-state index in [1.165, 1.54) is 0 Å². The number of aromatic nitrogens is 2. The highest BCUT2D eigenvalue weighted by Gasteiger charge is 1.96. The molecule has 13 heavy (non-hydrogen) atoms. The highest BCUT2D eigenvalue weighted by atomic mass is 15.1. The minimum absolute atomic E-state index is 0.504. The molecule has 0 spiro atoms. The van der Waals surface area contributed by atoms with Crippen molar-refractivity contribution in [3.63, 3.8) is 0 Å². The van der Waals surface area contributed by atoms with Crippen LogP contribution in [0.3, 0.4) is 0 Å². The molecule has 0 amide bonds. The van der Waals surface area contributed by atoms with Gasteiger partial charge in [0, 0.05) is 25.5 Å².